The predicted octanol–water partition coefficient (Wildman–Crippen LogP) is 3.13. The fourth-order valence-corrected chi connectivity index (χ4v) is 2.28. The lowest BCUT2D eigenvalue weighted by molar-refractivity contribution is 0.685. The summed E-state index contributed by atoms with van der Waals surface area (Å²) >= 11 is 7.60. The van der Waals surface area contributed by atoms with E-state index in [0.29, 0.717) is 0 Å². The highest BCUT2D eigenvalue weighted by molar-refractivity contribution is 7.09. The van der Waals surface area contributed by atoms with Crippen LogP contribution in [0.4, 0.5) is 0 Å². The molecule has 1 aromatic carbocycles. The molecule has 0 bridgehead atoms. The first-order valence-electron chi connectivity index (χ1n) is 5.18. The molecule has 2 nitrogen and oxygen atoms in total. The summed E-state index contributed by atoms with van der Waals surface area (Å²) in [7, 11) is 0. The first-order valence-corrected chi connectivity index (χ1v) is 6.44. The topological polar surface area (TPSA) is 24.9 Å². The molecule has 16 heavy (non-hydrogen) atoms. The summed E-state index contributed by atoms with van der Waals surface area (Å²) in [6.07, 6.45) is 2.83. The maximum absolute atomic E-state index is 5.90. The molecule has 0 amide bonds. The summed E-state index contributed by atoms with van der Waals surface area (Å²) in [5.74, 6) is 0. The lowest BCUT2D eigenvalue weighted by Crippen LogP contribution is -2.16. The number of thiazole rings is 1. The zero-order valence-corrected chi connectivity index (χ0v) is 10.4. The van der Waals surface area contributed by atoms with Crippen LogP contribution in [0.3, 0.4) is 0 Å². The van der Waals surface area contributed by atoms with E-state index in [2.05, 4.69) is 16.4 Å². The third-order valence-corrected chi connectivity index (χ3v) is 3.29. The molecule has 4 heteroatoms. The van der Waals surface area contributed by atoms with Gasteiger partial charge < -0.3 is 5.32 Å². The molecule has 0 aliphatic heterocycles. The Hall–Kier alpha value is -0.900. The van der Waals surface area contributed by atoms with Crippen molar-refractivity contribution >= 4 is 22.9 Å². The number of rotatable bonds is 5. The van der Waals surface area contributed by atoms with Gasteiger partial charge in [0, 0.05) is 36.1 Å². The maximum Gasteiger partial charge on any atom is 0.0937 e. The normalized spacial score (nSPS) is 10.6. The fourth-order valence-electron chi connectivity index (χ4n) is 1.45. The highest BCUT2D eigenvalue weighted by atomic mass is 35.5. The van der Waals surface area contributed by atoms with Gasteiger partial charge in [-0.25, -0.2) is 4.98 Å². The number of nitrogens with one attached hydrogen (secondary N) is 1. The van der Waals surface area contributed by atoms with Crippen LogP contribution in [-0.4, -0.2) is 11.5 Å². The zero-order chi connectivity index (χ0) is 11.2. The van der Waals surface area contributed by atoms with E-state index < -0.39 is 0 Å². The molecule has 2 rings (SSSR count). The molecule has 84 valence electrons. The van der Waals surface area contributed by atoms with E-state index in [1.807, 2.05) is 29.8 Å². The summed E-state index contributed by atoms with van der Waals surface area (Å²) in [6, 6.07) is 7.92. The minimum atomic E-state index is 0.791. The average Bonchev–Trinajstić information content (AvgIpc) is 2.77. The van der Waals surface area contributed by atoms with Crippen LogP contribution >= 0.6 is 22.9 Å². The van der Waals surface area contributed by atoms with E-state index in [9.17, 15) is 0 Å². The van der Waals surface area contributed by atoms with Gasteiger partial charge in [-0.15, -0.1) is 11.3 Å². The average molecular weight is 253 g/mol. The molecule has 0 fully saturated rings. The standard InChI is InChI=1S/C12H13ClN2S/c13-11-3-1-2-10(8-11)9-14-5-4-12-15-6-7-16-12/h1-3,6-8,14H,4-5,9H2. The van der Waals surface area contributed by atoms with Gasteiger partial charge in [0.05, 0.1) is 5.01 Å². The highest BCUT2D eigenvalue weighted by Crippen LogP contribution is 2.10. The summed E-state index contributed by atoms with van der Waals surface area (Å²) in [6.45, 7) is 1.80. The quantitative estimate of drug-likeness (QED) is 0.827. The van der Waals surface area contributed by atoms with Gasteiger partial charge in [0.25, 0.3) is 0 Å². The molecule has 0 radical (unpaired) electrons. The first-order chi connectivity index (χ1) is 7.84. The highest BCUT2D eigenvalue weighted by Gasteiger charge is 1.96. The van der Waals surface area contributed by atoms with Crippen LogP contribution in [0.1, 0.15) is 10.6 Å². The minimum absolute atomic E-state index is 0.791. The lowest BCUT2D eigenvalue weighted by Gasteiger charge is -2.03. The Balaban J connectivity index is 1.72. The summed E-state index contributed by atoms with van der Waals surface area (Å²) in [5.41, 5.74) is 1.21. The molecule has 1 aromatic heterocycles. The molecular formula is C12H13ClN2S. The molecule has 2 aromatic rings. The van der Waals surface area contributed by atoms with Gasteiger partial charge in [-0.3, -0.25) is 0 Å². The molecule has 0 atom stereocenters. The van der Waals surface area contributed by atoms with Crippen molar-refractivity contribution in [3.05, 3.63) is 51.4 Å². The summed E-state index contributed by atoms with van der Waals surface area (Å²) in [4.78, 5) is 4.23. The van der Waals surface area contributed by atoms with Crippen molar-refractivity contribution in [2.45, 2.75) is 13.0 Å². The van der Waals surface area contributed by atoms with Gasteiger partial charge >= 0.3 is 0 Å². The Morgan fingerprint density at radius 1 is 1.38 bits per heavy atom. The van der Waals surface area contributed by atoms with Crippen molar-refractivity contribution in [2.24, 2.45) is 0 Å². The third kappa shape index (κ3) is 3.59. The van der Waals surface area contributed by atoms with Gasteiger partial charge in [0.15, 0.2) is 0 Å². The van der Waals surface area contributed by atoms with Crippen LogP contribution in [0.2, 0.25) is 5.02 Å². The molecule has 0 aliphatic carbocycles. The van der Waals surface area contributed by atoms with E-state index in [0.717, 1.165) is 24.5 Å². The Morgan fingerprint density at radius 3 is 3.06 bits per heavy atom. The van der Waals surface area contributed by atoms with Crippen molar-refractivity contribution in [3.8, 4) is 0 Å². The monoisotopic (exact) mass is 252 g/mol. The van der Waals surface area contributed by atoms with Crippen molar-refractivity contribution in [1.29, 1.82) is 0 Å². The Morgan fingerprint density at radius 2 is 2.31 bits per heavy atom. The van der Waals surface area contributed by atoms with Crippen LogP contribution in [-0.2, 0) is 13.0 Å². The molecule has 0 spiro atoms. The van der Waals surface area contributed by atoms with Crippen LogP contribution < -0.4 is 5.32 Å². The van der Waals surface area contributed by atoms with E-state index >= 15 is 0 Å². The predicted molar refractivity (Wildman–Crippen MR) is 69.0 cm³/mol. The second-order valence-corrected chi connectivity index (χ2v) is 4.90. The molecule has 0 saturated carbocycles. The molecule has 1 N–H and O–H groups in total. The van der Waals surface area contributed by atoms with Gasteiger partial charge in [-0.05, 0) is 17.7 Å². The minimum Gasteiger partial charge on any atom is -0.312 e. The van der Waals surface area contributed by atoms with Crippen molar-refractivity contribution in [1.82, 2.24) is 10.3 Å². The molecular weight excluding hydrogens is 240 g/mol. The van der Waals surface area contributed by atoms with E-state index in [4.69, 9.17) is 11.6 Å². The number of nitrogens with zero attached hydrogens (tertiary/aromatic N) is 1. The summed E-state index contributed by atoms with van der Waals surface area (Å²) in [5, 5.41) is 7.35. The number of hydrogen-bond donors (Lipinski definition) is 1. The first kappa shape index (κ1) is 11.6. The Labute approximate surface area is 104 Å². The van der Waals surface area contributed by atoms with Crippen LogP contribution in [0, 0.1) is 0 Å². The van der Waals surface area contributed by atoms with Crippen molar-refractivity contribution in [2.75, 3.05) is 6.54 Å². The molecule has 0 aliphatic rings. The van der Waals surface area contributed by atoms with Crippen LogP contribution in [0.5, 0.6) is 0 Å². The maximum atomic E-state index is 5.90. The van der Waals surface area contributed by atoms with Gasteiger partial charge in [-0.2, -0.15) is 0 Å². The van der Waals surface area contributed by atoms with Crippen LogP contribution in [0.25, 0.3) is 0 Å². The SMILES string of the molecule is Clc1cccc(CNCCc2nccs2)c1. The van der Waals surface area contributed by atoms with E-state index in [1.54, 1.807) is 11.3 Å². The third-order valence-electron chi connectivity index (χ3n) is 2.22. The second kappa shape index (κ2) is 5.99. The van der Waals surface area contributed by atoms with Crippen molar-refractivity contribution < 1.29 is 0 Å². The van der Waals surface area contributed by atoms with Gasteiger partial charge in [-0.1, -0.05) is 23.7 Å². The van der Waals surface area contributed by atoms with Crippen LogP contribution in [0.15, 0.2) is 35.8 Å². The molecule has 1 heterocycles. The number of aromatic nitrogens is 1. The van der Waals surface area contributed by atoms with E-state index in [1.165, 1.54) is 10.6 Å². The number of halogens is 1. The smallest absolute Gasteiger partial charge is 0.0937 e. The number of hydrogen-bond acceptors (Lipinski definition) is 3. The molecule has 0 unspecified atom stereocenters. The van der Waals surface area contributed by atoms with Crippen molar-refractivity contribution in [3.63, 3.8) is 0 Å². The van der Waals surface area contributed by atoms with Gasteiger partial charge in [0.1, 0.15) is 0 Å². The van der Waals surface area contributed by atoms with Gasteiger partial charge in [0.2, 0.25) is 0 Å². The van der Waals surface area contributed by atoms with E-state index in [-0.39, 0.29) is 0 Å². The lowest BCUT2D eigenvalue weighted by atomic mass is 10.2. The summed E-state index contributed by atoms with van der Waals surface area (Å²) < 4.78 is 0. The number of benzene rings is 1. The Kier molecular flexibility index (Phi) is 4.34. The zero-order valence-electron chi connectivity index (χ0n) is 8.82. The molecule has 0 saturated heterocycles. The largest absolute Gasteiger partial charge is 0.312 e. The second-order valence-electron chi connectivity index (χ2n) is 3.48. The Bertz CT molecular complexity index is 428. The fraction of sp³-hybridized carbons (Fsp3) is 0.250.